The topological polar surface area (TPSA) is 50.1 Å². The van der Waals surface area contributed by atoms with Crippen molar-refractivity contribution in [3.8, 4) is 5.75 Å². The van der Waals surface area contributed by atoms with Gasteiger partial charge in [-0.3, -0.25) is 9.20 Å². The van der Waals surface area contributed by atoms with Crippen molar-refractivity contribution < 1.29 is 22.7 Å². The number of fused-ring (bicyclic) bond motifs is 1. The number of ketones is 1. The number of aryl methyl sites for hydroxylation is 2. The number of hydrogen-bond acceptors (Lipinski definition) is 5. The number of rotatable bonds is 8. The molecular formula is C30H28ClF3N4O2. The van der Waals surface area contributed by atoms with Gasteiger partial charge >= 0.3 is 6.36 Å². The third kappa shape index (κ3) is 5.22. The zero-order valence-corrected chi connectivity index (χ0v) is 22.7. The number of benzene rings is 2. The molecule has 0 aliphatic carbocycles. The molecule has 40 heavy (non-hydrogen) atoms. The molecule has 2 aromatic carbocycles. The van der Waals surface area contributed by atoms with E-state index < -0.39 is 6.36 Å². The second-order valence-electron chi connectivity index (χ2n) is 10.7. The average molecular weight is 569 g/mol. The van der Waals surface area contributed by atoms with E-state index in [-0.39, 0.29) is 16.9 Å². The van der Waals surface area contributed by atoms with Crippen molar-refractivity contribution >= 4 is 34.4 Å². The van der Waals surface area contributed by atoms with Gasteiger partial charge in [0.1, 0.15) is 17.1 Å². The Morgan fingerprint density at radius 3 is 2.12 bits per heavy atom. The Morgan fingerprint density at radius 1 is 0.950 bits per heavy atom. The Bertz CT molecular complexity index is 1540. The monoisotopic (exact) mass is 568 g/mol. The summed E-state index contributed by atoms with van der Waals surface area (Å²) in [6, 6.07) is 18.0. The van der Waals surface area contributed by atoms with Gasteiger partial charge in [-0.15, -0.1) is 13.2 Å². The van der Waals surface area contributed by atoms with E-state index in [1.54, 1.807) is 28.8 Å². The van der Waals surface area contributed by atoms with E-state index in [0.717, 1.165) is 54.5 Å². The lowest BCUT2D eigenvalue weighted by molar-refractivity contribution is -0.274. The number of ether oxygens (including phenoxy) is 1. The minimum Gasteiger partial charge on any atom is -0.406 e. The summed E-state index contributed by atoms with van der Waals surface area (Å²) in [6.45, 7) is 5.61. The first-order chi connectivity index (χ1) is 19.1. The van der Waals surface area contributed by atoms with Crippen molar-refractivity contribution in [3.63, 3.8) is 0 Å². The highest BCUT2D eigenvalue weighted by Crippen LogP contribution is 2.44. The molecule has 0 radical (unpaired) electrons. The van der Waals surface area contributed by atoms with Crippen LogP contribution < -0.4 is 14.5 Å². The molecule has 0 amide bonds. The van der Waals surface area contributed by atoms with Crippen LogP contribution in [-0.2, 0) is 12.8 Å². The number of imidazole rings is 1. The molecule has 0 atom stereocenters. The second kappa shape index (κ2) is 10.0. The van der Waals surface area contributed by atoms with Crippen molar-refractivity contribution in [1.82, 2.24) is 9.38 Å². The largest absolute Gasteiger partial charge is 0.573 e. The Morgan fingerprint density at radius 2 is 1.55 bits per heavy atom. The summed E-state index contributed by atoms with van der Waals surface area (Å²) in [7, 11) is 0. The SMILES string of the molecule is CCc1nc2ccc(Cl)cn2c1C(=O)CCc1ccc(N2CC3(C2)CN(c2ccc(OC(F)(F)F)cc2)C3)cc1. The third-order valence-electron chi connectivity index (χ3n) is 7.74. The van der Waals surface area contributed by atoms with Crippen LogP contribution in [0, 0.1) is 5.41 Å². The summed E-state index contributed by atoms with van der Waals surface area (Å²) in [5.74, 6) is -0.155. The van der Waals surface area contributed by atoms with Gasteiger partial charge in [-0.25, -0.2) is 4.98 Å². The maximum atomic E-state index is 13.2. The number of nitrogens with zero attached hydrogens (tertiary/aromatic N) is 4. The smallest absolute Gasteiger partial charge is 0.406 e. The molecule has 2 aromatic heterocycles. The molecule has 0 bridgehead atoms. The number of Topliss-reactive ketones (excluding diaryl/α,β-unsaturated/α-hetero) is 1. The van der Waals surface area contributed by atoms with Crippen LogP contribution in [0.1, 0.15) is 35.1 Å². The number of anilines is 2. The van der Waals surface area contributed by atoms with Crippen LogP contribution in [0.4, 0.5) is 24.5 Å². The maximum Gasteiger partial charge on any atom is 0.573 e. The molecule has 4 heterocycles. The number of pyridine rings is 1. The molecule has 2 aliphatic heterocycles. The fraction of sp³-hybridized carbons (Fsp3) is 0.333. The van der Waals surface area contributed by atoms with Crippen LogP contribution >= 0.6 is 11.6 Å². The van der Waals surface area contributed by atoms with Crippen molar-refractivity contribution in [2.75, 3.05) is 36.0 Å². The van der Waals surface area contributed by atoms with Gasteiger partial charge in [0, 0.05) is 55.6 Å². The maximum absolute atomic E-state index is 13.2. The van der Waals surface area contributed by atoms with Crippen LogP contribution in [0.25, 0.3) is 5.65 Å². The first-order valence-electron chi connectivity index (χ1n) is 13.3. The molecule has 6 nitrogen and oxygen atoms in total. The number of aromatic nitrogens is 2. The summed E-state index contributed by atoms with van der Waals surface area (Å²) in [4.78, 5) is 22.3. The molecule has 4 aromatic rings. The average Bonchev–Trinajstić information content (AvgIpc) is 3.24. The van der Waals surface area contributed by atoms with Gasteiger partial charge in [0.15, 0.2) is 5.78 Å². The van der Waals surface area contributed by atoms with E-state index in [9.17, 15) is 18.0 Å². The summed E-state index contributed by atoms with van der Waals surface area (Å²) in [5.41, 5.74) is 5.49. The minimum absolute atomic E-state index is 0.0532. The van der Waals surface area contributed by atoms with E-state index in [0.29, 0.717) is 30.0 Å². The highest BCUT2D eigenvalue weighted by molar-refractivity contribution is 6.30. The Labute approximate surface area is 234 Å². The number of halogens is 4. The summed E-state index contributed by atoms with van der Waals surface area (Å²) in [5, 5.41) is 0.563. The van der Waals surface area contributed by atoms with Gasteiger partial charge < -0.3 is 14.5 Å². The molecule has 1 spiro atoms. The molecule has 2 saturated heterocycles. The molecule has 2 fully saturated rings. The lowest BCUT2D eigenvalue weighted by Crippen LogP contribution is -2.72. The van der Waals surface area contributed by atoms with Crippen LogP contribution in [0.15, 0.2) is 66.9 Å². The molecule has 10 heteroatoms. The zero-order valence-electron chi connectivity index (χ0n) is 21.9. The van der Waals surface area contributed by atoms with Crippen molar-refractivity contribution in [2.45, 2.75) is 32.5 Å². The van der Waals surface area contributed by atoms with E-state index >= 15 is 0 Å². The number of hydrogen-bond donors (Lipinski definition) is 0. The molecule has 0 saturated carbocycles. The number of carbonyl (C=O) groups is 1. The highest BCUT2D eigenvalue weighted by atomic mass is 35.5. The van der Waals surface area contributed by atoms with E-state index in [2.05, 4.69) is 43.8 Å². The molecule has 0 N–H and O–H groups in total. The van der Waals surface area contributed by atoms with Crippen LogP contribution in [0.5, 0.6) is 5.75 Å². The Hall–Kier alpha value is -3.72. The van der Waals surface area contributed by atoms with Gasteiger partial charge in [0.25, 0.3) is 0 Å². The predicted octanol–water partition coefficient (Wildman–Crippen LogP) is 6.59. The van der Waals surface area contributed by atoms with Gasteiger partial charge in [0.2, 0.25) is 0 Å². The first kappa shape index (κ1) is 26.5. The molecule has 0 unspecified atom stereocenters. The standard InChI is InChI=1S/C30H28ClF3N4O2/c1-2-25-28(38-15-21(31)6-14-27(38)35-25)26(39)13-5-20-3-7-22(8-4-20)36-16-29(17-36)18-37(19-29)23-9-11-24(12-10-23)40-30(32,33)34/h3-4,6-12,14-15H,2,5,13,16-19H2,1H3. The van der Waals surface area contributed by atoms with Crippen molar-refractivity contribution in [2.24, 2.45) is 5.41 Å². The molecule has 2 aliphatic rings. The summed E-state index contributed by atoms with van der Waals surface area (Å²) < 4.78 is 42.9. The fourth-order valence-electron chi connectivity index (χ4n) is 5.81. The lowest BCUT2D eigenvalue weighted by Gasteiger charge is -2.61. The molecule has 208 valence electrons. The van der Waals surface area contributed by atoms with Gasteiger partial charge in [0.05, 0.1) is 10.7 Å². The van der Waals surface area contributed by atoms with Gasteiger partial charge in [-0.2, -0.15) is 0 Å². The first-order valence-corrected chi connectivity index (χ1v) is 13.6. The van der Waals surface area contributed by atoms with E-state index in [1.807, 2.05) is 13.0 Å². The van der Waals surface area contributed by atoms with Gasteiger partial charge in [-0.1, -0.05) is 30.7 Å². The number of carbonyl (C=O) groups excluding carboxylic acids is 1. The lowest BCUT2D eigenvalue weighted by atomic mass is 9.72. The third-order valence-corrected chi connectivity index (χ3v) is 7.96. The Balaban J connectivity index is 1.01. The van der Waals surface area contributed by atoms with Crippen molar-refractivity contribution in [1.29, 1.82) is 0 Å². The number of alkyl halides is 3. The van der Waals surface area contributed by atoms with Gasteiger partial charge in [-0.05, 0) is 66.9 Å². The fourth-order valence-corrected chi connectivity index (χ4v) is 5.97. The van der Waals surface area contributed by atoms with E-state index in [1.165, 1.54) is 12.1 Å². The summed E-state index contributed by atoms with van der Waals surface area (Å²) in [6.07, 6.45) is -1.24. The normalized spacial score (nSPS) is 16.2. The Kier molecular flexibility index (Phi) is 6.65. The van der Waals surface area contributed by atoms with Crippen LogP contribution in [0.2, 0.25) is 5.02 Å². The van der Waals surface area contributed by atoms with Crippen LogP contribution in [-0.4, -0.2) is 47.7 Å². The zero-order chi connectivity index (χ0) is 28.1. The molecule has 6 rings (SSSR count). The second-order valence-corrected chi connectivity index (χ2v) is 11.1. The quantitative estimate of drug-likeness (QED) is 0.224. The van der Waals surface area contributed by atoms with Crippen molar-refractivity contribution in [3.05, 3.63) is 88.8 Å². The van der Waals surface area contributed by atoms with Crippen LogP contribution in [0.3, 0.4) is 0 Å². The van der Waals surface area contributed by atoms with E-state index in [4.69, 9.17) is 11.6 Å². The predicted molar refractivity (Wildman–Crippen MR) is 149 cm³/mol. The summed E-state index contributed by atoms with van der Waals surface area (Å²) >= 11 is 6.16. The molecular weight excluding hydrogens is 541 g/mol. The highest BCUT2D eigenvalue weighted by Gasteiger charge is 2.51. The minimum atomic E-state index is -4.68.